The molecule has 3 heteroatoms. The predicted octanol–water partition coefficient (Wildman–Crippen LogP) is 5.98. The van der Waals surface area contributed by atoms with Gasteiger partial charge in [-0.1, -0.05) is 52.0 Å². The van der Waals surface area contributed by atoms with Crippen molar-refractivity contribution in [3.8, 4) is 11.5 Å². The molecule has 3 nitrogen and oxygen atoms in total. The zero-order chi connectivity index (χ0) is 20.4. The molecule has 2 aromatic rings. The quantitative estimate of drug-likeness (QED) is 0.465. The molecule has 0 saturated heterocycles. The standard InChI is InChI=1S/C24H32O3/c1-15(2)23(25)27-22-12-10-20(14-18(22)6)24(7,8)19-9-11-21(17(5)13-19)26-16(3)4/h9-16H,1-8H3. The monoisotopic (exact) mass is 368 g/mol. The molecule has 2 rings (SSSR count). The maximum atomic E-state index is 11.9. The number of aryl methyl sites for hydroxylation is 2. The summed E-state index contributed by atoms with van der Waals surface area (Å²) in [7, 11) is 0. The summed E-state index contributed by atoms with van der Waals surface area (Å²) in [6.07, 6.45) is 0.159. The van der Waals surface area contributed by atoms with Crippen LogP contribution in [0, 0.1) is 19.8 Å². The molecular weight excluding hydrogens is 336 g/mol. The van der Waals surface area contributed by atoms with Crippen LogP contribution in [-0.4, -0.2) is 12.1 Å². The van der Waals surface area contributed by atoms with Gasteiger partial charge in [0, 0.05) is 5.41 Å². The molecule has 0 amide bonds. The Morgan fingerprint density at radius 1 is 0.852 bits per heavy atom. The molecule has 0 fully saturated rings. The normalized spacial score (nSPS) is 11.8. The highest BCUT2D eigenvalue weighted by molar-refractivity contribution is 5.74. The molecule has 146 valence electrons. The SMILES string of the molecule is Cc1cc(C(C)(C)c2ccc(OC(C)C)c(C)c2)ccc1OC(=O)C(C)C. The van der Waals surface area contributed by atoms with Gasteiger partial charge in [-0.2, -0.15) is 0 Å². The molecule has 0 bridgehead atoms. The van der Waals surface area contributed by atoms with E-state index in [0.29, 0.717) is 5.75 Å². The molecule has 0 atom stereocenters. The van der Waals surface area contributed by atoms with Gasteiger partial charge in [0.05, 0.1) is 12.0 Å². The summed E-state index contributed by atoms with van der Waals surface area (Å²) in [6.45, 7) is 16.2. The summed E-state index contributed by atoms with van der Waals surface area (Å²) in [5.74, 6) is 1.21. The van der Waals surface area contributed by atoms with Gasteiger partial charge in [-0.05, 0) is 62.1 Å². The van der Waals surface area contributed by atoms with Crippen molar-refractivity contribution in [2.75, 3.05) is 0 Å². The van der Waals surface area contributed by atoms with E-state index in [9.17, 15) is 4.79 Å². The number of carbonyl (C=O) groups is 1. The van der Waals surface area contributed by atoms with Crippen LogP contribution in [0.2, 0.25) is 0 Å². The number of hydrogen-bond donors (Lipinski definition) is 0. The first-order valence-corrected chi connectivity index (χ1v) is 9.63. The average molecular weight is 369 g/mol. The van der Waals surface area contributed by atoms with Crippen LogP contribution in [0.3, 0.4) is 0 Å². The highest BCUT2D eigenvalue weighted by atomic mass is 16.5. The Kier molecular flexibility index (Phi) is 6.35. The zero-order valence-corrected chi connectivity index (χ0v) is 17.8. The fourth-order valence-corrected chi connectivity index (χ4v) is 2.97. The van der Waals surface area contributed by atoms with Crippen molar-refractivity contribution in [2.24, 2.45) is 5.92 Å². The van der Waals surface area contributed by atoms with Crippen molar-refractivity contribution >= 4 is 5.97 Å². The molecule has 0 aliphatic carbocycles. The van der Waals surface area contributed by atoms with Crippen molar-refractivity contribution in [3.05, 3.63) is 58.7 Å². The molecule has 0 aliphatic rings. The van der Waals surface area contributed by atoms with E-state index in [1.807, 2.05) is 46.8 Å². The van der Waals surface area contributed by atoms with E-state index in [1.165, 1.54) is 11.1 Å². The summed E-state index contributed by atoms with van der Waals surface area (Å²) in [5, 5.41) is 0. The maximum absolute atomic E-state index is 11.9. The van der Waals surface area contributed by atoms with Gasteiger partial charge >= 0.3 is 5.97 Å². The maximum Gasteiger partial charge on any atom is 0.313 e. The molecule has 0 aromatic heterocycles. The Morgan fingerprint density at radius 2 is 1.33 bits per heavy atom. The minimum atomic E-state index is -0.207. The Morgan fingerprint density at radius 3 is 1.74 bits per heavy atom. The molecular formula is C24H32O3. The van der Waals surface area contributed by atoms with Gasteiger partial charge in [-0.3, -0.25) is 4.79 Å². The Hall–Kier alpha value is -2.29. The summed E-state index contributed by atoms with van der Waals surface area (Å²) in [6, 6.07) is 12.4. The van der Waals surface area contributed by atoms with Crippen LogP contribution >= 0.6 is 0 Å². The van der Waals surface area contributed by atoms with E-state index in [4.69, 9.17) is 9.47 Å². The van der Waals surface area contributed by atoms with Crippen molar-refractivity contribution in [1.29, 1.82) is 0 Å². The van der Waals surface area contributed by atoms with E-state index in [1.54, 1.807) is 0 Å². The van der Waals surface area contributed by atoms with Crippen molar-refractivity contribution < 1.29 is 14.3 Å². The van der Waals surface area contributed by atoms with Gasteiger partial charge in [0.1, 0.15) is 11.5 Å². The average Bonchev–Trinajstić information content (AvgIpc) is 2.57. The lowest BCUT2D eigenvalue weighted by Crippen LogP contribution is -2.20. The zero-order valence-electron chi connectivity index (χ0n) is 17.8. The number of benzene rings is 2. The minimum Gasteiger partial charge on any atom is -0.491 e. The second kappa shape index (κ2) is 8.16. The van der Waals surface area contributed by atoms with Gasteiger partial charge in [0.2, 0.25) is 0 Å². The van der Waals surface area contributed by atoms with Crippen LogP contribution in [0.25, 0.3) is 0 Å². The first-order valence-electron chi connectivity index (χ1n) is 9.63. The van der Waals surface area contributed by atoms with Crippen LogP contribution < -0.4 is 9.47 Å². The number of rotatable bonds is 6. The van der Waals surface area contributed by atoms with Crippen molar-refractivity contribution in [1.82, 2.24) is 0 Å². The van der Waals surface area contributed by atoms with E-state index < -0.39 is 0 Å². The van der Waals surface area contributed by atoms with Gasteiger partial charge in [0.25, 0.3) is 0 Å². The third-order valence-corrected chi connectivity index (χ3v) is 4.84. The van der Waals surface area contributed by atoms with Crippen LogP contribution in [0.4, 0.5) is 0 Å². The molecule has 0 saturated carbocycles. The second-order valence-corrected chi connectivity index (χ2v) is 8.33. The molecule has 0 heterocycles. The second-order valence-electron chi connectivity index (χ2n) is 8.33. The lowest BCUT2D eigenvalue weighted by molar-refractivity contribution is -0.137. The van der Waals surface area contributed by atoms with Crippen LogP contribution in [0.15, 0.2) is 36.4 Å². The number of carbonyl (C=O) groups excluding carboxylic acids is 1. The Labute approximate surface area is 163 Å². The fourth-order valence-electron chi connectivity index (χ4n) is 2.97. The van der Waals surface area contributed by atoms with Crippen molar-refractivity contribution in [3.63, 3.8) is 0 Å². The van der Waals surface area contributed by atoms with Crippen molar-refractivity contribution in [2.45, 2.75) is 66.9 Å². The summed E-state index contributed by atoms with van der Waals surface area (Å²) in [5.41, 5.74) is 4.33. The largest absolute Gasteiger partial charge is 0.491 e. The van der Waals surface area contributed by atoms with Crippen LogP contribution in [0.5, 0.6) is 11.5 Å². The van der Waals surface area contributed by atoms with E-state index in [0.717, 1.165) is 16.9 Å². The third-order valence-electron chi connectivity index (χ3n) is 4.84. The lowest BCUT2D eigenvalue weighted by Gasteiger charge is -2.28. The van der Waals surface area contributed by atoms with E-state index in [2.05, 4.69) is 45.0 Å². The molecule has 0 radical (unpaired) electrons. The first-order chi connectivity index (χ1) is 12.5. The fraction of sp³-hybridized carbons (Fsp3) is 0.458. The molecule has 2 aromatic carbocycles. The van der Waals surface area contributed by atoms with Gasteiger partial charge in [-0.25, -0.2) is 0 Å². The highest BCUT2D eigenvalue weighted by Gasteiger charge is 2.25. The molecule has 0 spiro atoms. The topological polar surface area (TPSA) is 35.5 Å². The predicted molar refractivity (Wildman–Crippen MR) is 111 cm³/mol. The first kappa shape index (κ1) is 21.0. The Bertz CT molecular complexity index is 816. The summed E-state index contributed by atoms with van der Waals surface area (Å²) >= 11 is 0. The third kappa shape index (κ3) is 4.91. The van der Waals surface area contributed by atoms with E-state index >= 15 is 0 Å². The summed E-state index contributed by atoms with van der Waals surface area (Å²) < 4.78 is 11.4. The lowest BCUT2D eigenvalue weighted by atomic mass is 9.77. The Balaban J connectivity index is 2.32. The number of esters is 1. The van der Waals surface area contributed by atoms with Gasteiger partial charge in [-0.15, -0.1) is 0 Å². The molecule has 27 heavy (non-hydrogen) atoms. The smallest absolute Gasteiger partial charge is 0.313 e. The van der Waals surface area contributed by atoms with Crippen LogP contribution in [-0.2, 0) is 10.2 Å². The van der Waals surface area contributed by atoms with E-state index in [-0.39, 0.29) is 23.4 Å². The summed E-state index contributed by atoms with van der Waals surface area (Å²) in [4.78, 5) is 11.9. The molecule has 0 unspecified atom stereocenters. The van der Waals surface area contributed by atoms with Gasteiger partial charge < -0.3 is 9.47 Å². The number of ether oxygens (including phenoxy) is 2. The highest BCUT2D eigenvalue weighted by Crippen LogP contribution is 2.36. The van der Waals surface area contributed by atoms with Gasteiger partial charge in [0.15, 0.2) is 0 Å². The minimum absolute atomic E-state index is 0.143. The molecule has 0 aliphatic heterocycles. The van der Waals surface area contributed by atoms with Crippen LogP contribution in [0.1, 0.15) is 63.8 Å². The number of hydrogen-bond acceptors (Lipinski definition) is 3. The molecule has 0 N–H and O–H groups in total.